The first-order valence-electron chi connectivity index (χ1n) is 7.99. The van der Waals surface area contributed by atoms with Gasteiger partial charge in [-0.3, -0.25) is 4.79 Å². The Balaban J connectivity index is 1.89. The standard InChI is InChI=1S/C18H25NO/c1-13(2)18(9-10-19-12-18)17(20)16-8-4-7-15(11-16)14-5-3-6-14/h4,7-8,11,13-14,19H,3,5-6,9-10,12H2,1-2H3. The molecular weight excluding hydrogens is 246 g/mol. The summed E-state index contributed by atoms with van der Waals surface area (Å²) in [5.41, 5.74) is 2.09. The minimum Gasteiger partial charge on any atom is -0.316 e. The number of nitrogens with one attached hydrogen (secondary N) is 1. The molecule has 1 unspecified atom stereocenters. The van der Waals surface area contributed by atoms with Gasteiger partial charge in [-0.2, -0.15) is 0 Å². The average Bonchev–Trinajstić information content (AvgIpc) is 2.87. The Morgan fingerprint density at radius 2 is 2.15 bits per heavy atom. The number of carbonyl (C=O) groups is 1. The maximum Gasteiger partial charge on any atom is 0.170 e. The second kappa shape index (κ2) is 5.33. The van der Waals surface area contributed by atoms with Crippen LogP contribution in [-0.4, -0.2) is 18.9 Å². The summed E-state index contributed by atoms with van der Waals surface area (Å²) in [6, 6.07) is 8.43. The number of benzene rings is 1. The topological polar surface area (TPSA) is 29.1 Å². The Labute approximate surface area is 122 Å². The number of rotatable bonds is 4. The van der Waals surface area contributed by atoms with E-state index in [2.05, 4.69) is 37.4 Å². The van der Waals surface area contributed by atoms with Crippen LogP contribution in [-0.2, 0) is 0 Å². The lowest BCUT2D eigenvalue weighted by atomic mass is 9.70. The van der Waals surface area contributed by atoms with Crippen molar-refractivity contribution in [1.29, 1.82) is 0 Å². The fraction of sp³-hybridized carbons (Fsp3) is 0.611. The molecule has 0 aromatic heterocycles. The molecule has 1 aliphatic carbocycles. The zero-order chi connectivity index (χ0) is 14.2. The van der Waals surface area contributed by atoms with Crippen LogP contribution in [0.15, 0.2) is 24.3 Å². The number of Topliss-reactive ketones (excluding diaryl/α,β-unsaturated/α-hetero) is 1. The van der Waals surface area contributed by atoms with Gasteiger partial charge >= 0.3 is 0 Å². The summed E-state index contributed by atoms with van der Waals surface area (Å²) in [5, 5.41) is 3.38. The van der Waals surface area contributed by atoms with Crippen molar-refractivity contribution in [1.82, 2.24) is 5.32 Å². The molecule has 1 saturated heterocycles. The Morgan fingerprint density at radius 1 is 1.35 bits per heavy atom. The average molecular weight is 271 g/mol. The highest BCUT2D eigenvalue weighted by molar-refractivity contribution is 6.01. The highest BCUT2D eigenvalue weighted by Gasteiger charge is 2.44. The monoisotopic (exact) mass is 271 g/mol. The van der Waals surface area contributed by atoms with Gasteiger partial charge in [-0.25, -0.2) is 0 Å². The van der Waals surface area contributed by atoms with Crippen LogP contribution in [0.4, 0.5) is 0 Å². The van der Waals surface area contributed by atoms with Crippen LogP contribution in [0.5, 0.6) is 0 Å². The molecule has 2 nitrogen and oxygen atoms in total. The van der Waals surface area contributed by atoms with Crippen LogP contribution >= 0.6 is 0 Å². The lowest BCUT2D eigenvalue weighted by molar-refractivity contribution is 0.0740. The molecule has 0 amide bonds. The van der Waals surface area contributed by atoms with E-state index in [0.717, 1.165) is 25.1 Å². The van der Waals surface area contributed by atoms with E-state index in [-0.39, 0.29) is 5.41 Å². The smallest absolute Gasteiger partial charge is 0.170 e. The zero-order valence-electron chi connectivity index (χ0n) is 12.6. The number of hydrogen-bond donors (Lipinski definition) is 1. The van der Waals surface area contributed by atoms with Gasteiger partial charge in [-0.1, -0.05) is 38.5 Å². The Morgan fingerprint density at radius 3 is 2.70 bits per heavy atom. The molecule has 2 fully saturated rings. The minimum atomic E-state index is -0.196. The van der Waals surface area contributed by atoms with Gasteiger partial charge in [0.05, 0.1) is 0 Å². The molecule has 0 radical (unpaired) electrons. The van der Waals surface area contributed by atoms with Crippen LogP contribution in [0.1, 0.15) is 61.4 Å². The number of carbonyl (C=O) groups excluding carboxylic acids is 1. The quantitative estimate of drug-likeness (QED) is 0.845. The predicted molar refractivity (Wildman–Crippen MR) is 82.1 cm³/mol. The van der Waals surface area contributed by atoms with Crippen molar-refractivity contribution in [3.63, 3.8) is 0 Å². The van der Waals surface area contributed by atoms with Gasteiger partial charge in [0.1, 0.15) is 0 Å². The molecule has 1 atom stereocenters. The molecule has 2 heteroatoms. The molecule has 1 heterocycles. The first-order valence-corrected chi connectivity index (χ1v) is 7.99. The Kier molecular flexibility index (Phi) is 3.68. The molecule has 2 aliphatic rings. The minimum absolute atomic E-state index is 0.196. The molecule has 1 N–H and O–H groups in total. The summed E-state index contributed by atoms with van der Waals surface area (Å²) in [5.74, 6) is 1.43. The highest BCUT2D eigenvalue weighted by Crippen LogP contribution is 2.40. The van der Waals surface area contributed by atoms with Gasteiger partial charge in [-0.05, 0) is 49.3 Å². The van der Waals surface area contributed by atoms with Crippen molar-refractivity contribution in [2.24, 2.45) is 11.3 Å². The lowest BCUT2D eigenvalue weighted by Gasteiger charge is -2.32. The first-order chi connectivity index (χ1) is 9.63. The second-order valence-corrected chi connectivity index (χ2v) is 6.82. The second-order valence-electron chi connectivity index (χ2n) is 6.82. The predicted octanol–water partition coefficient (Wildman–Crippen LogP) is 3.77. The summed E-state index contributed by atoms with van der Waals surface area (Å²) in [6.07, 6.45) is 4.88. The molecule has 1 aromatic carbocycles. The lowest BCUT2D eigenvalue weighted by Crippen LogP contribution is -2.38. The third-order valence-electron chi connectivity index (χ3n) is 5.47. The molecule has 108 valence electrons. The van der Waals surface area contributed by atoms with Gasteiger partial charge in [-0.15, -0.1) is 0 Å². The van der Waals surface area contributed by atoms with E-state index in [1.165, 1.54) is 24.8 Å². The third kappa shape index (κ3) is 2.20. The first kappa shape index (κ1) is 13.8. The summed E-state index contributed by atoms with van der Waals surface area (Å²) in [7, 11) is 0. The molecule has 0 spiro atoms. The molecule has 1 aliphatic heterocycles. The van der Waals surface area contributed by atoms with Gasteiger partial charge in [0.2, 0.25) is 0 Å². The third-order valence-corrected chi connectivity index (χ3v) is 5.47. The Hall–Kier alpha value is -1.15. The Bertz CT molecular complexity index is 496. The van der Waals surface area contributed by atoms with Crippen molar-refractivity contribution >= 4 is 5.78 Å². The molecule has 1 aromatic rings. The van der Waals surface area contributed by atoms with Gasteiger partial charge < -0.3 is 5.32 Å². The summed E-state index contributed by atoms with van der Waals surface area (Å²) >= 11 is 0. The van der Waals surface area contributed by atoms with Crippen molar-refractivity contribution in [3.8, 4) is 0 Å². The van der Waals surface area contributed by atoms with Crippen molar-refractivity contribution < 1.29 is 4.79 Å². The zero-order valence-corrected chi connectivity index (χ0v) is 12.6. The molecule has 20 heavy (non-hydrogen) atoms. The number of ketones is 1. The van der Waals surface area contributed by atoms with Crippen molar-refractivity contribution in [2.45, 2.75) is 45.4 Å². The van der Waals surface area contributed by atoms with E-state index in [1.807, 2.05) is 6.07 Å². The van der Waals surface area contributed by atoms with Crippen LogP contribution in [0.25, 0.3) is 0 Å². The van der Waals surface area contributed by atoms with E-state index < -0.39 is 0 Å². The fourth-order valence-corrected chi connectivity index (χ4v) is 3.62. The van der Waals surface area contributed by atoms with Crippen LogP contribution in [0.3, 0.4) is 0 Å². The van der Waals surface area contributed by atoms with E-state index in [0.29, 0.717) is 17.6 Å². The summed E-state index contributed by atoms with van der Waals surface area (Å²) in [4.78, 5) is 13.1. The van der Waals surface area contributed by atoms with Crippen molar-refractivity contribution in [2.75, 3.05) is 13.1 Å². The van der Waals surface area contributed by atoms with Gasteiger partial charge in [0.15, 0.2) is 5.78 Å². The van der Waals surface area contributed by atoms with Crippen LogP contribution in [0.2, 0.25) is 0 Å². The summed E-state index contributed by atoms with van der Waals surface area (Å²) in [6.45, 7) is 6.16. The fourth-order valence-electron chi connectivity index (χ4n) is 3.62. The van der Waals surface area contributed by atoms with Gasteiger partial charge in [0, 0.05) is 17.5 Å². The van der Waals surface area contributed by atoms with Crippen molar-refractivity contribution in [3.05, 3.63) is 35.4 Å². The largest absolute Gasteiger partial charge is 0.316 e. The number of hydrogen-bond acceptors (Lipinski definition) is 2. The maximum absolute atomic E-state index is 13.1. The molecule has 3 rings (SSSR count). The molecule has 1 saturated carbocycles. The summed E-state index contributed by atoms with van der Waals surface area (Å²) < 4.78 is 0. The maximum atomic E-state index is 13.1. The highest BCUT2D eigenvalue weighted by atomic mass is 16.1. The van der Waals surface area contributed by atoms with Gasteiger partial charge in [0.25, 0.3) is 0 Å². The van der Waals surface area contributed by atoms with E-state index in [4.69, 9.17) is 0 Å². The molecule has 0 bridgehead atoms. The van der Waals surface area contributed by atoms with Crippen LogP contribution in [0, 0.1) is 11.3 Å². The SMILES string of the molecule is CC(C)C1(C(=O)c2cccc(C3CCC3)c2)CCNC1. The van der Waals surface area contributed by atoms with E-state index in [9.17, 15) is 4.79 Å². The van der Waals surface area contributed by atoms with E-state index in [1.54, 1.807) is 0 Å². The van der Waals surface area contributed by atoms with Crippen LogP contribution < -0.4 is 5.32 Å². The molecular formula is C18H25NO. The van der Waals surface area contributed by atoms with E-state index >= 15 is 0 Å². The normalized spacial score (nSPS) is 26.8.